The maximum absolute atomic E-state index is 12.9. The Kier molecular flexibility index (Phi) is 6.75. The molecule has 0 unspecified atom stereocenters. The number of ketones is 1. The zero-order valence-electron chi connectivity index (χ0n) is 16.9. The van der Waals surface area contributed by atoms with Crippen LogP contribution in [0.4, 0.5) is 16.2 Å². The number of rotatable bonds is 7. The van der Waals surface area contributed by atoms with Crippen molar-refractivity contribution < 1.29 is 14.7 Å². The van der Waals surface area contributed by atoms with Gasteiger partial charge in [0.05, 0.1) is 5.02 Å². The summed E-state index contributed by atoms with van der Waals surface area (Å²) in [6.07, 6.45) is -0.384. The van der Waals surface area contributed by atoms with Crippen molar-refractivity contribution in [2.75, 3.05) is 18.9 Å². The zero-order chi connectivity index (χ0) is 21.7. The number of likely N-dealkylation sites (N-methyl/N-ethyl adjacent to an activating group) is 1. The number of halogens is 1. The van der Waals surface area contributed by atoms with Gasteiger partial charge in [-0.1, -0.05) is 54.1 Å². The van der Waals surface area contributed by atoms with Crippen molar-refractivity contribution in [2.24, 2.45) is 0 Å². The van der Waals surface area contributed by atoms with E-state index in [-0.39, 0.29) is 5.78 Å². The summed E-state index contributed by atoms with van der Waals surface area (Å²) in [5.74, 6) is -0.109. The molecule has 30 heavy (non-hydrogen) atoms. The van der Waals surface area contributed by atoms with E-state index in [0.29, 0.717) is 29.1 Å². The number of hydrogen-bond acceptors (Lipinski definition) is 3. The molecule has 0 atom stereocenters. The lowest BCUT2D eigenvalue weighted by molar-refractivity contribution is 0.103. The van der Waals surface area contributed by atoms with E-state index in [1.54, 1.807) is 25.2 Å². The summed E-state index contributed by atoms with van der Waals surface area (Å²) in [5, 5.41) is 12.7. The van der Waals surface area contributed by atoms with Crippen molar-refractivity contribution in [3.63, 3.8) is 0 Å². The summed E-state index contributed by atoms with van der Waals surface area (Å²) in [6.45, 7) is 2.29. The standard InChI is InChI=1S/C24H23ClN2O3/c1-16-7-3-5-9-19(16)23(28)20-12-11-18(15-21(20)25)26-22-10-6-4-8-17(22)13-14-27(2)24(29)30/h3-12,15,26H,13-14H2,1-2H3,(H,29,30). The maximum Gasteiger partial charge on any atom is 0.407 e. The second kappa shape index (κ2) is 9.46. The van der Waals surface area contributed by atoms with E-state index in [1.165, 1.54) is 4.90 Å². The summed E-state index contributed by atoms with van der Waals surface area (Å²) in [7, 11) is 1.54. The summed E-state index contributed by atoms with van der Waals surface area (Å²) < 4.78 is 0. The first-order valence-corrected chi connectivity index (χ1v) is 9.93. The molecule has 3 aromatic carbocycles. The van der Waals surface area contributed by atoms with Crippen LogP contribution >= 0.6 is 11.6 Å². The van der Waals surface area contributed by atoms with Gasteiger partial charge in [0.2, 0.25) is 0 Å². The quantitative estimate of drug-likeness (QED) is 0.474. The lowest BCUT2D eigenvalue weighted by Gasteiger charge is -2.16. The van der Waals surface area contributed by atoms with Crippen LogP contribution in [-0.4, -0.2) is 35.5 Å². The van der Waals surface area contributed by atoms with Gasteiger partial charge in [0.1, 0.15) is 0 Å². The third kappa shape index (κ3) is 4.99. The molecule has 0 aliphatic rings. The van der Waals surface area contributed by atoms with E-state index in [2.05, 4.69) is 5.32 Å². The van der Waals surface area contributed by atoms with Crippen molar-refractivity contribution in [3.05, 3.63) is 94.0 Å². The molecule has 0 fully saturated rings. The Balaban J connectivity index is 1.79. The average Bonchev–Trinajstić information content (AvgIpc) is 2.73. The number of nitrogens with zero attached hydrogens (tertiary/aromatic N) is 1. The minimum atomic E-state index is -0.957. The molecule has 0 aromatic heterocycles. The molecule has 3 rings (SSSR count). The maximum atomic E-state index is 12.9. The van der Waals surface area contributed by atoms with Crippen LogP contribution in [0.15, 0.2) is 66.7 Å². The van der Waals surface area contributed by atoms with Gasteiger partial charge in [0.15, 0.2) is 5.78 Å². The number of aryl methyl sites for hydroxylation is 1. The number of carbonyl (C=O) groups is 2. The summed E-state index contributed by atoms with van der Waals surface area (Å²) in [5.41, 5.74) is 4.59. The van der Waals surface area contributed by atoms with Gasteiger partial charge in [-0.3, -0.25) is 4.79 Å². The van der Waals surface area contributed by atoms with E-state index in [4.69, 9.17) is 16.7 Å². The molecule has 5 nitrogen and oxygen atoms in total. The van der Waals surface area contributed by atoms with E-state index in [1.807, 2.05) is 55.5 Å². The molecule has 6 heteroatoms. The Bertz CT molecular complexity index is 1080. The monoisotopic (exact) mass is 422 g/mol. The first kappa shape index (κ1) is 21.4. The predicted octanol–water partition coefficient (Wildman–Crippen LogP) is 5.78. The van der Waals surface area contributed by atoms with Crippen LogP contribution < -0.4 is 5.32 Å². The highest BCUT2D eigenvalue weighted by Gasteiger charge is 2.15. The first-order valence-electron chi connectivity index (χ1n) is 9.55. The highest BCUT2D eigenvalue weighted by molar-refractivity contribution is 6.35. The van der Waals surface area contributed by atoms with Gasteiger partial charge in [0.25, 0.3) is 0 Å². The van der Waals surface area contributed by atoms with Gasteiger partial charge < -0.3 is 15.3 Å². The largest absolute Gasteiger partial charge is 0.465 e. The number of carbonyl (C=O) groups excluding carboxylic acids is 1. The van der Waals surface area contributed by atoms with Crippen LogP contribution in [0.1, 0.15) is 27.0 Å². The molecule has 0 bridgehead atoms. The molecule has 0 radical (unpaired) electrons. The van der Waals surface area contributed by atoms with Crippen LogP contribution in [0, 0.1) is 6.92 Å². The van der Waals surface area contributed by atoms with E-state index < -0.39 is 6.09 Å². The fourth-order valence-electron chi connectivity index (χ4n) is 3.15. The number of benzene rings is 3. The first-order chi connectivity index (χ1) is 14.4. The number of para-hydroxylation sites is 1. The van der Waals surface area contributed by atoms with Crippen molar-refractivity contribution in [2.45, 2.75) is 13.3 Å². The lowest BCUT2D eigenvalue weighted by atomic mass is 9.99. The third-order valence-electron chi connectivity index (χ3n) is 4.94. The molecule has 0 spiro atoms. The normalized spacial score (nSPS) is 10.5. The molecule has 3 aromatic rings. The third-order valence-corrected chi connectivity index (χ3v) is 5.26. The highest BCUT2D eigenvalue weighted by atomic mass is 35.5. The highest BCUT2D eigenvalue weighted by Crippen LogP contribution is 2.28. The predicted molar refractivity (Wildman–Crippen MR) is 120 cm³/mol. The number of carboxylic acid groups (broad SMARTS) is 1. The van der Waals surface area contributed by atoms with Gasteiger partial charge in [-0.2, -0.15) is 0 Å². The second-order valence-electron chi connectivity index (χ2n) is 7.07. The van der Waals surface area contributed by atoms with Crippen molar-refractivity contribution in [3.8, 4) is 0 Å². The zero-order valence-corrected chi connectivity index (χ0v) is 17.6. The SMILES string of the molecule is Cc1ccccc1C(=O)c1ccc(Nc2ccccc2CCN(C)C(=O)O)cc1Cl. The number of anilines is 2. The number of amides is 1. The van der Waals surface area contributed by atoms with Crippen molar-refractivity contribution in [1.82, 2.24) is 4.90 Å². The molecule has 0 aliphatic heterocycles. The van der Waals surface area contributed by atoms with Crippen LogP contribution in [0.5, 0.6) is 0 Å². The average molecular weight is 423 g/mol. The molecule has 0 saturated carbocycles. The van der Waals surface area contributed by atoms with Gasteiger partial charge >= 0.3 is 6.09 Å². The van der Waals surface area contributed by atoms with Crippen LogP contribution in [-0.2, 0) is 6.42 Å². The topological polar surface area (TPSA) is 69.6 Å². The Hall–Kier alpha value is -3.31. The molecular formula is C24H23ClN2O3. The Morgan fingerprint density at radius 3 is 2.40 bits per heavy atom. The smallest absolute Gasteiger partial charge is 0.407 e. The van der Waals surface area contributed by atoms with Gasteiger partial charge in [-0.25, -0.2) is 4.79 Å². The van der Waals surface area contributed by atoms with E-state index >= 15 is 0 Å². The summed E-state index contributed by atoms with van der Waals surface area (Å²) >= 11 is 6.44. The van der Waals surface area contributed by atoms with Gasteiger partial charge in [-0.15, -0.1) is 0 Å². The second-order valence-corrected chi connectivity index (χ2v) is 7.48. The minimum absolute atomic E-state index is 0.109. The Morgan fingerprint density at radius 1 is 1.00 bits per heavy atom. The molecule has 154 valence electrons. The van der Waals surface area contributed by atoms with Crippen LogP contribution in [0.25, 0.3) is 0 Å². The van der Waals surface area contributed by atoms with Crippen molar-refractivity contribution in [1.29, 1.82) is 0 Å². The molecule has 0 aliphatic carbocycles. The van der Waals surface area contributed by atoms with Crippen LogP contribution in [0.2, 0.25) is 5.02 Å². The van der Waals surface area contributed by atoms with Gasteiger partial charge in [-0.05, 0) is 48.7 Å². The van der Waals surface area contributed by atoms with E-state index in [0.717, 1.165) is 22.5 Å². The number of nitrogens with one attached hydrogen (secondary N) is 1. The van der Waals surface area contributed by atoms with E-state index in [9.17, 15) is 9.59 Å². The number of hydrogen-bond donors (Lipinski definition) is 2. The Morgan fingerprint density at radius 2 is 1.70 bits per heavy atom. The summed E-state index contributed by atoms with van der Waals surface area (Å²) in [4.78, 5) is 25.1. The van der Waals surface area contributed by atoms with Crippen molar-refractivity contribution >= 4 is 34.9 Å². The minimum Gasteiger partial charge on any atom is -0.465 e. The van der Waals surface area contributed by atoms with Gasteiger partial charge in [0, 0.05) is 36.1 Å². The molecule has 2 N–H and O–H groups in total. The van der Waals surface area contributed by atoms with Crippen LogP contribution in [0.3, 0.4) is 0 Å². The summed E-state index contributed by atoms with van der Waals surface area (Å²) in [6, 6.07) is 20.4. The lowest BCUT2D eigenvalue weighted by Crippen LogP contribution is -2.27. The molecule has 0 saturated heterocycles. The molecule has 1 amide bonds. The Labute approximate surface area is 180 Å². The fourth-order valence-corrected chi connectivity index (χ4v) is 3.42. The molecule has 0 heterocycles. The molecular weight excluding hydrogens is 400 g/mol. The fraction of sp³-hybridized carbons (Fsp3) is 0.167.